The van der Waals surface area contributed by atoms with Gasteiger partial charge >= 0.3 is 0 Å². The fraction of sp³-hybridized carbons (Fsp3) is 0.182. The van der Waals surface area contributed by atoms with Crippen molar-refractivity contribution in [1.29, 1.82) is 5.26 Å². The highest BCUT2D eigenvalue weighted by Crippen LogP contribution is 2.43. The Morgan fingerprint density at radius 2 is 2.03 bits per heavy atom. The number of nitrogens with one attached hydrogen (secondary N) is 1. The first-order valence-corrected chi connectivity index (χ1v) is 9.09. The summed E-state index contributed by atoms with van der Waals surface area (Å²) in [7, 11) is 1.62. The Kier molecular flexibility index (Phi) is 4.83. The Hall–Kier alpha value is -3.92. The number of H-pyrrole nitrogens is 1. The Balaban J connectivity index is 1.75. The van der Waals surface area contributed by atoms with Crippen LogP contribution < -0.4 is 19.9 Å². The van der Waals surface area contributed by atoms with Crippen molar-refractivity contribution in [1.82, 2.24) is 10.2 Å². The van der Waals surface area contributed by atoms with Crippen LogP contribution in [0.1, 0.15) is 28.3 Å². The van der Waals surface area contributed by atoms with E-state index in [1.54, 1.807) is 7.11 Å². The maximum absolute atomic E-state index is 9.72. The highest BCUT2D eigenvalue weighted by atomic mass is 16.5. The molecular weight excluding hydrogens is 368 g/mol. The Morgan fingerprint density at radius 1 is 1.24 bits per heavy atom. The van der Waals surface area contributed by atoms with Gasteiger partial charge in [-0.25, -0.2) is 0 Å². The summed E-state index contributed by atoms with van der Waals surface area (Å²) in [6.45, 7) is 2.21. The van der Waals surface area contributed by atoms with Crippen LogP contribution in [0.2, 0.25) is 0 Å². The fourth-order valence-corrected chi connectivity index (χ4v) is 3.50. The molecule has 1 aliphatic heterocycles. The molecule has 1 aromatic heterocycles. The standard InChI is InChI=1S/C22H20N4O3/c1-13-19-20(17(11-23)21(24)29-22(19)26-25-13)14-8-9-18(27-2)15(10-14)12-28-16-6-4-3-5-7-16/h3-10,20H,12,24H2,1-2H3,(H,25,26)/t20-/m0/s1. The molecule has 3 N–H and O–H groups in total. The molecule has 0 saturated heterocycles. The van der Waals surface area contributed by atoms with Crippen LogP contribution in [0, 0.1) is 18.3 Å². The van der Waals surface area contributed by atoms with Crippen molar-refractivity contribution in [2.75, 3.05) is 7.11 Å². The summed E-state index contributed by atoms with van der Waals surface area (Å²) in [5.74, 6) is 1.54. The number of methoxy groups -OCH3 is 1. The monoisotopic (exact) mass is 388 g/mol. The number of nitriles is 1. The van der Waals surface area contributed by atoms with E-state index < -0.39 is 0 Å². The number of allylic oxidation sites excluding steroid dienone is 1. The van der Waals surface area contributed by atoms with Gasteiger partial charge < -0.3 is 19.9 Å². The van der Waals surface area contributed by atoms with Crippen LogP contribution in [0.4, 0.5) is 0 Å². The quantitative estimate of drug-likeness (QED) is 0.693. The average Bonchev–Trinajstić information content (AvgIpc) is 3.11. The highest BCUT2D eigenvalue weighted by Gasteiger charge is 2.34. The lowest BCUT2D eigenvalue weighted by Crippen LogP contribution is -2.21. The fourth-order valence-electron chi connectivity index (χ4n) is 3.50. The molecule has 7 nitrogen and oxygen atoms in total. The first-order chi connectivity index (χ1) is 14.1. The van der Waals surface area contributed by atoms with E-state index in [1.165, 1.54) is 0 Å². The summed E-state index contributed by atoms with van der Waals surface area (Å²) < 4.78 is 16.9. The number of benzene rings is 2. The van der Waals surface area contributed by atoms with E-state index in [1.807, 2.05) is 55.5 Å². The minimum atomic E-state index is -0.385. The molecule has 29 heavy (non-hydrogen) atoms. The summed E-state index contributed by atoms with van der Waals surface area (Å²) in [5.41, 5.74) is 9.72. The van der Waals surface area contributed by atoms with Crippen LogP contribution in [0.25, 0.3) is 0 Å². The van der Waals surface area contributed by atoms with Crippen LogP contribution >= 0.6 is 0 Å². The second kappa shape index (κ2) is 7.60. The molecule has 3 aromatic rings. The van der Waals surface area contributed by atoms with Crippen molar-refractivity contribution in [2.45, 2.75) is 19.4 Å². The molecule has 0 amide bonds. The highest BCUT2D eigenvalue weighted by molar-refractivity contribution is 5.56. The molecule has 2 heterocycles. The molecule has 1 atom stereocenters. The normalized spacial score (nSPS) is 15.3. The second-order valence-corrected chi connectivity index (χ2v) is 6.67. The van der Waals surface area contributed by atoms with E-state index >= 15 is 0 Å². The summed E-state index contributed by atoms with van der Waals surface area (Å²) >= 11 is 0. The number of hydrogen-bond acceptors (Lipinski definition) is 6. The van der Waals surface area contributed by atoms with Gasteiger partial charge in [0, 0.05) is 16.8 Å². The van der Waals surface area contributed by atoms with Gasteiger partial charge in [0.05, 0.1) is 13.0 Å². The topological polar surface area (TPSA) is 106 Å². The van der Waals surface area contributed by atoms with Gasteiger partial charge in [-0.1, -0.05) is 24.3 Å². The number of aromatic nitrogens is 2. The molecule has 0 fully saturated rings. The first kappa shape index (κ1) is 18.4. The zero-order chi connectivity index (χ0) is 20.4. The minimum absolute atomic E-state index is 0.0643. The van der Waals surface area contributed by atoms with Crippen molar-refractivity contribution >= 4 is 0 Å². The molecule has 0 unspecified atom stereocenters. The smallest absolute Gasteiger partial charge is 0.244 e. The number of hydrogen-bond donors (Lipinski definition) is 2. The number of nitrogens with zero attached hydrogens (tertiary/aromatic N) is 2. The molecule has 0 spiro atoms. The lowest BCUT2D eigenvalue weighted by atomic mass is 9.83. The van der Waals surface area contributed by atoms with Gasteiger partial charge in [-0.2, -0.15) is 5.26 Å². The molecule has 0 saturated carbocycles. The van der Waals surface area contributed by atoms with Gasteiger partial charge in [0.15, 0.2) is 0 Å². The largest absolute Gasteiger partial charge is 0.496 e. The number of ether oxygens (including phenoxy) is 3. The number of para-hydroxylation sites is 1. The van der Waals surface area contributed by atoms with Crippen molar-refractivity contribution in [3.8, 4) is 23.4 Å². The van der Waals surface area contributed by atoms with Crippen molar-refractivity contribution < 1.29 is 14.2 Å². The Bertz CT molecular complexity index is 1110. The lowest BCUT2D eigenvalue weighted by molar-refractivity contribution is 0.296. The Morgan fingerprint density at radius 3 is 2.76 bits per heavy atom. The molecule has 0 bridgehead atoms. The number of rotatable bonds is 5. The summed E-state index contributed by atoms with van der Waals surface area (Å²) in [4.78, 5) is 0. The lowest BCUT2D eigenvalue weighted by Gasteiger charge is -2.24. The summed E-state index contributed by atoms with van der Waals surface area (Å²) in [5, 5.41) is 16.8. The number of aryl methyl sites for hydroxylation is 1. The molecule has 2 aromatic carbocycles. The number of nitrogens with two attached hydrogens (primary N) is 1. The molecular formula is C22H20N4O3. The van der Waals surface area contributed by atoms with Crippen LogP contribution in [0.15, 0.2) is 60.0 Å². The molecule has 0 aliphatic carbocycles. The second-order valence-electron chi connectivity index (χ2n) is 6.67. The van der Waals surface area contributed by atoms with E-state index in [-0.39, 0.29) is 11.8 Å². The van der Waals surface area contributed by atoms with Crippen LogP contribution in [-0.4, -0.2) is 17.3 Å². The predicted molar refractivity (Wildman–Crippen MR) is 106 cm³/mol. The third kappa shape index (κ3) is 3.36. The Labute approximate surface area is 168 Å². The van der Waals surface area contributed by atoms with Crippen molar-refractivity contribution in [3.63, 3.8) is 0 Å². The molecule has 0 radical (unpaired) electrons. The minimum Gasteiger partial charge on any atom is -0.496 e. The maximum Gasteiger partial charge on any atom is 0.244 e. The van der Waals surface area contributed by atoms with E-state index in [9.17, 15) is 5.26 Å². The van der Waals surface area contributed by atoms with Crippen LogP contribution in [0.5, 0.6) is 17.4 Å². The van der Waals surface area contributed by atoms with E-state index in [2.05, 4.69) is 16.3 Å². The van der Waals surface area contributed by atoms with E-state index in [4.69, 9.17) is 19.9 Å². The molecule has 4 rings (SSSR count). The number of fused-ring (bicyclic) bond motifs is 1. The van der Waals surface area contributed by atoms with Gasteiger partial charge in [0.2, 0.25) is 11.8 Å². The van der Waals surface area contributed by atoms with Gasteiger partial charge in [-0.3, -0.25) is 5.10 Å². The average molecular weight is 388 g/mol. The van der Waals surface area contributed by atoms with Gasteiger partial charge in [0.25, 0.3) is 0 Å². The third-order valence-electron chi connectivity index (χ3n) is 4.90. The number of aromatic amines is 1. The van der Waals surface area contributed by atoms with E-state index in [0.29, 0.717) is 23.8 Å². The zero-order valence-corrected chi connectivity index (χ0v) is 16.1. The van der Waals surface area contributed by atoms with E-state index in [0.717, 1.165) is 28.1 Å². The van der Waals surface area contributed by atoms with Crippen LogP contribution in [0.3, 0.4) is 0 Å². The zero-order valence-electron chi connectivity index (χ0n) is 16.1. The van der Waals surface area contributed by atoms with Gasteiger partial charge in [-0.15, -0.1) is 5.10 Å². The summed E-state index contributed by atoms with van der Waals surface area (Å²) in [6.07, 6.45) is 0. The predicted octanol–water partition coefficient (Wildman–Crippen LogP) is 3.52. The van der Waals surface area contributed by atoms with Crippen molar-refractivity contribution in [3.05, 3.63) is 82.4 Å². The van der Waals surface area contributed by atoms with Crippen molar-refractivity contribution in [2.24, 2.45) is 5.73 Å². The third-order valence-corrected chi connectivity index (χ3v) is 4.90. The van der Waals surface area contributed by atoms with Crippen LogP contribution in [-0.2, 0) is 6.61 Å². The maximum atomic E-state index is 9.72. The SMILES string of the molecule is COc1ccc([C@H]2C(C#N)=C(N)Oc3n[nH]c(C)c32)cc1COc1ccccc1. The van der Waals surface area contributed by atoms with Gasteiger partial charge in [0.1, 0.15) is 29.7 Å². The molecule has 1 aliphatic rings. The molecule has 7 heteroatoms. The first-order valence-electron chi connectivity index (χ1n) is 9.09. The molecule has 146 valence electrons. The summed E-state index contributed by atoms with van der Waals surface area (Å²) in [6, 6.07) is 17.5. The van der Waals surface area contributed by atoms with Gasteiger partial charge in [-0.05, 0) is 36.8 Å².